The van der Waals surface area contributed by atoms with E-state index in [4.69, 9.17) is 4.74 Å². The van der Waals surface area contributed by atoms with E-state index in [1.165, 1.54) is 0 Å². The zero-order valence-corrected chi connectivity index (χ0v) is 3.90. The summed E-state index contributed by atoms with van der Waals surface area (Å²) in [5, 5.41) is 0. The van der Waals surface area contributed by atoms with E-state index in [9.17, 15) is 0 Å². The lowest BCUT2D eigenvalue weighted by Gasteiger charge is -1.80. The van der Waals surface area contributed by atoms with Crippen LogP contribution in [-0.4, -0.2) is 12.7 Å². The molecule has 34 valence electrons. The van der Waals surface area contributed by atoms with Crippen LogP contribution in [0.4, 0.5) is 0 Å². The molecule has 1 saturated heterocycles. The topological polar surface area (TPSA) is 12.5 Å². The van der Waals surface area contributed by atoms with Gasteiger partial charge in [0, 0.05) is 0 Å². The predicted molar refractivity (Wildman–Crippen MR) is 24.6 cm³/mol. The minimum absolute atomic E-state index is 0.407. The minimum Gasteiger partial charge on any atom is -0.368 e. The lowest BCUT2D eigenvalue weighted by Crippen LogP contribution is -1.80. The van der Waals surface area contributed by atoms with E-state index in [0.29, 0.717) is 6.10 Å². The van der Waals surface area contributed by atoms with Crippen LogP contribution in [0, 0.1) is 0 Å². The second kappa shape index (κ2) is 1.09. The van der Waals surface area contributed by atoms with Gasteiger partial charge >= 0.3 is 0 Å². The van der Waals surface area contributed by atoms with Crippen molar-refractivity contribution in [3.05, 3.63) is 12.2 Å². The normalized spacial score (nSPS) is 29.8. The predicted octanol–water partition coefficient (Wildman–Crippen LogP) is 0.961. The first-order chi connectivity index (χ1) is 2.80. The van der Waals surface area contributed by atoms with Crippen molar-refractivity contribution in [1.82, 2.24) is 0 Å². The summed E-state index contributed by atoms with van der Waals surface area (Å²) in [5.41, 5.74) is 1.15. The van der Waals surface area contributed by atoms with Crippen LogP contribution in [0.15, 0.2) is 12.2 Å². The highest BCUT2D eigenvalue weighted by molar-refractivity contribution is 5.03. The molecule has 1 heterocycles. The SMILES string of the molecule is C=C(C)[C@H]1CO1. The fourth-order valence-electron chi connectivity index (χ4n) is 0.333. The maximum absolute atomic E-state index is 4.87. The summed E-state index contributed by atoms with van der Waals surface area (Å²) in [6.45, 7) is 6.57. The van der Waals surface area contributed by atoms with Crippen LogP contribution in [0.3, 0.4) is 0 Å². The fraction of sp³-hybridized carbons (Fsp3) is 0.600. The van der Waals surface area contributed by atoms with Gasteiger partial charge in [-0.25, -0.2) is 0 Å². The number of hydrogen-bond acceptors (Lipinski definition) is 1. The summed E-state index contributed by atoms with van der Waals surface area (Å²) < 4.78 is 4.87. The van der Waals surface area contributed by atoms with Crippen LogP contribution in [-0.2, 0) is 4.74 Å². The van der Waals surface area contributed by atoms with Gasteiger partial charge in [-0.3, -0.25) is 0 Å². The number of epoxide rings is 1. The van der Waals surface area contributed by atoms with Gasteiger partial charge in [0.25, 0.3) is 0 Å². The van der Waals surface area contributed by atoms with Crippen LogP contribution in [0.5, 0.6) is 0 Å². The quantitative estimate of drug-likeness (QED) is 0.340. The van der Waals surface area contributed by atoms with Crippen LogP contribution in [0.1, 0.15) is 6.92 Å². The molecule has 0 radical (unpaired) electrons. The summed E-state index contributed by atoms with van der Waals surface area (Å²) in [4.78, 5) is 0. The molecule has 1 heteroatoms. The largest absolute Gasteiger partial charge is 0.368 e. The van der Waals surface area contributed by atoms with Gasteiger partial charge in [-0.15, -0.1) is 0 Å². The lowest BCUT2D eigenvalue weighted by atomic mass is 10.3. The van der Waals surface area contributed by atoms with E-state index in [-0.39, 0.29) is 0 Å². The van der Waals surface area contributed by atoms with Gasteiger partial charge in [0.1, 0.15) is 6.10 Å². The highest BCUT2D eigenvalue weighted by atomic mass is 16.6. The molecule has 1 aliphatic rings. The molecule has 1 atom stereocenters. The Balaban J connectivity index is 2.31. The second-order valence-corrected chi connectivity index (χ2v) is 1.67. The van der Waals surface area contributed by atoms with Crippen molar-refractivity contribution in [1.29, 1.82) is 0 Å². The third-order valence-corrected chi connectivity index (χ3v) is 0.883. The van der Waals surface area contributed by atoms with Gasteiger partial charge in [0.05, 0.1) is 6.61 Å². The Morgan fingerprint density at radius 3 is 2.50 bits per heavy atom. The molecule has 0 spiro atoms. The summed E-state index contributed by atoms with van der Waals surface area (Å²) >= 11 is 0. The van der Waals surface area contributed by atoms with E-state index in [1.54, 1.807) is 0 Å². The van der Waals surface area contributed by atoms with Gasteiger partial charge in [0.2, 0.25) is 0 Å². The molecule has 1 aliphatic heterocycles. The summed E-state index contributed by atoms with van der Waals surface area (Å²) in [7, 11) is 0. The van der Waals surface area contributed by atoms with Crippen LogP contribution in [0.25, 0.3) is 0 Å². The molecule has 0 unspecified atom stereocenters. The Bertz CT molecular complexity index is 72.0. The zero-order chi connectivity index (χ0) is 4.57. The van der Waals surface area contributed by atoms with Crippen LogP contribution >= 0.6 is 0 Å². The molecule has 0 aliphatic carbocycles. The van der Waals surface area contributed by atoms with E-state index in [0.717, 1.165) is 12.2 Å². The van der Waals surface area contributed by atoms with Crippen molar-refractivity contribution in [2.24, 2.45) is 0 Å². The lowest BCUT2D eigenvalue weighted by molar-refractivity contribution is 0.432. The second-order valence-electron chi connectivity index (χ2n) is 1.67. The first-order valence-corrected chi connectivity index (χ1v) is 2.07. The Hall–Kier alpha value is -0.300. The maximum atomic E-state index is 4.87. The summed E-state index contributed by atoms with van der Waals surface area (Å²) in [6, 6.07) is 0. The van der Waals surface area contributed by atoms with Crippen molar-refractivity contribution < 1.29 is 4.74 Å². The molecule has 0 bridgehead atoms. The van der Waals surface area contributed by atoms with E-state index in [2.05, 4.69) is 6.58 Å². The van der Waals surface area contributed by atoms with Crippen molar-refractivity contribution >= 4 is 0 Å². The molecule has 0 amide bonds. The van der Waals surface area contributed by atoms with Gasteiger partial charge < -0.3 is 4.74 Å². The molecule has 6 heavy (non-hydrogen) atoms. The molecule has 1 rings (SSSR count). The van der Waals surface area contributed by atoms with E-state index in [1.807, 2.05) is 6.92 Å². The molecule has 0 aromatic heterocycles. The average molecular weight is 84.1 g/mol. The van der Waals surface area contributed by atoms with E-state index < -0.39 is 0 Å². The third kappa shape index (κ3) is 0.601. The van der Waals surface area contributed by atoms with Gasteiger partial charge in [-0.1, -0.05) is 6.58 Å². The Morgan fingerprint density at radius 1 is 2.00 bits per heavy atom. The van der Waals surface area contributed by atoms with Gasteiger partial charge in [-0.05, 0) is 12.5 Å². The van der Waals surface area contributed by atoms with Crippen molar-refractivity contribution in [3.8, 4) is 0 Å². The van der Waals surface area contributed by atoms with Crippen LogP contribution in [0.2, 0.25) is 0 Å². The molecule has 0 N–H and O–H groups in total. The van der Waals surface area contributed by atoms with Crippen LogP contribution < -0.4 is 0 Å². The molecule has 1 nitrogen and oxygen atoms in total. The molecule has 1 fully saturated rings. The van der Waals surface area contributed by atoms with Crippen molar-refractivity contribution in [2.45, 2.75) is 13.0 Å². The Kier molecular flexibility index (Phi) is 0.701. The highest BCUT2D eigenvalue weighted by Crippen LogP contribution is 2.15. The Morgan fingerprint density at radius 2 is 2.50 bits per heavy atom. The Labute approximate surface area is 37.6 Å². The first-order valence-electron chi connectivity index (χ1n) is 2.07. The van der Waals surface area contributed by atoms with Crippen molar-refractivity contribution in [2.75, 3.05) is 6.61 Å². The minimum atomic E-state index is 0.407. The fourth-order valence-corrected chi connectivity index (χ4v) is 0.333. The highest BCUT2D eigenvalue weighted by Gasteiger charge is 2.22. The zero-order valence-electron chi connectivity index (χ0n) is 3.90. The van der Waals surface area contributed by atoms with Gasteiger partial charge in [0.15, 0.2) is 0 Å². The average Bonchev–Trinajstić information content (AvgIpc) is 2.06. The molecule has 0 aromatic rings. The maximum Gasteiger partial charge on any atom is 0.101 e. The molecule has 0 saturated carbocycles. The molecule has 0 aromatic carbocycles. The summed E-state index contributed by atoms with van der Waals surface area (Å²) in [6.07, 6.45) is 0.407. The molecular formula is C5H8O. The van der Waals surface area contributed by atoms with Crippen molar-refractivity contribution in [3.63, 3.8) is 0 Å². The number of hydrogen-bond donors (Lipinski definition) is 0. The standard InChI is InChI=1S/C5H8O/c1-4(2)5-3-6-5/h5H,1,3H2,2H3/t5-/m1/s1. The monoisotopic (exact) mass is 84.1 g/mol. The summed E-state index contributed by atoms with van der Waals surface area (Å²) in [5.74, 6) is 0. The number of ether oxygens (including phenoxy) is 1. The van der Waals surface area contributed by atoms with Gasteiger partial charge in [-0.2, -0.15) is 0 Å². The smallest absolute Gasteiger partial charge is 0.101 e. The molecular weight excluding hydrogens is 76.1 g/mol. The van der Waals surface area contributed by atoms with E-state index >= 15 is 0 Å². The third-order valence-electron chi connectivity index (χ3n) is 0.883. The number of rotatable bonds is 1. The first kappa shape index (κ1) is 3.88.